The Morgan fingerprint density at radius 2 is 1.90 bits per heavy atom. The SMILES string of the molecule is N#Cc1ccc(C(F)(F)F)nc1Nc1ccc(Br)c(F)c1. The van der Waals surface area contributed by atoms with Gasteiger partial charge in [-0.05, 0) is 46.3 Å². The third-order valence-corrected chi connectivity index (χ3v) is 3.13. The zero-order valence-corrected chi connectivity index (χ0v) is 11.8. The van der Waals surface area contributed by atoms with Crippen molar-refractivity contribution in [2.45, 2.75) is 6.18 Å². The maximum Gasteiger partial charge on any atom is 0.433 e. The van der Waals surface area contributed by atoms with Crippen LogP contribution in [0.15, 0.2) is 34.8 Å². The molecule has 0 fully saturated rings. The van der Waals surface area contributed by atoms with E-state index in [0.29, 0.717) is 6.07 Å². The molecule has 1 heterocycles. The molecular formula is C13H6BrF4N3. The van der Waals surface area contributed by atoms with Crippen molar-refractivity contribution in [2.24, 2.45) is 0 Å². The molecule has 21 heavy (non-hydrogen) atoms. The standard InChI is InChI=1S/C13H6BrF4N3/c14-9-3-2-8(5-10(9)15)20-12-7(6-19)1-4-11(21-12)13(16,17)18/h1-5H,(H,20,21). The van der Waals surface area contributed by atoms with Crippen LogP contribution in [0.1, 0.15) is 11.3 Å². The second-order valence-electron chi connectivity index (χ2n) is 3.96. The second kappa shape index (κ2) is 5.69. The number of hydrogen-bond acceptors (Lipinski definition) is 3. The lowest BCUT2D eigenvalue weighted by Crippen LogP contribution is -2.10. The van der Waals surface area contributed by atoms with E-state index in [4.69, 9.17) is 5.26 Å². The van der Waals surface area contributed by atoms with Crippen LogP contribution in [-0.4, -0.2) is 4.98 Å². The van der Waals surface area contributed by atoms with Crippen molar-refractivity contribution in [3.05, 3.63) is 51.9 Å². The van der Waals surface area contributed by atoms with E-state index in [-0.39, 0.29) is 21.5 Å². The van der Waals surface area contributed by atoms with Crippen molar-refractivity contribution in [1.29, 1.82) is 5.26 Å². The van der Waals surface area contributed by atoms with Crippen LogP contribution in [0.4, 0.5) is 29.1 Å². The van der Waals surface area contributed by atoms with Crippen molar-refractivity contribution in [3.8, 4) is 6.07 Å². The molecule has 0 saturated heterocycles. The molecule has 0 spiro atoms. The van der Waals surface area contributed by atoms with Gasteiger partial charge in [0.2, 0.25) is 0 Å². The Kier molecular flexibility index (Phi) is 4.14. The van der Waals surface area contributed by atoms with E-state index < -0.39 is 17.7 Å². The first kappa shape index (κ1) is 15.3. The van der Waals surface area contributed by atoms with Crippen LogP contribution in [0.5, 0.6) is 0 Å². The zero-order chi connectivity index (χ0) is 15.6. The normalized spacial score (nSPS) is 11.0. The zero-order valence-electron chi connectivity index (χ0n) is 10.2. The van der Waals surface area contributed by atoms with E-state index in [0.717, 1.165) is 12.1 Å². The smallest absolute Gasteiger partial charge is 0.339 e. The first-order valence-electron chi connectivity index (χ1n) is 5.51. The van der Waals surface area contributed by atoms with E-state index in [9.17, 15) is 17.6 Å². The van der Waals surface area contributed by atoms with Crippen LogP contribution in [0, 0.1) is 17.1 Å². The van der Waals surface area contributed by atoms with Gasteiger partial charge in [0.1, 0.15) is 23.4 Å². The number of aromatic nitrogens is 1. The number of nitrogens with zero attached hydrogens (tertiary/aromatic N) is 2. The summed E-state index contributed by atoms with van der Waals surface area (Å²) in [5.41, 5.74) is -1.04. The molecule has 0 bridgehead atoms. The second-order valence-corrected chi connectivity index (χ2v) is 4.81. The Labute approximate surface area is 125 Å². The number of pyridine rings is 1. The number of nitrogens with one attached hydrogen (secondary N) is 1. The van der Waals surface area contributed by atoms with Gasteiger partial charge in [-0.15, -0.1) is 0 Å². The molecule has 3 nitrogen and oxygen atoms in total. The van der Waals surface area contributed by atoms with Crippen LogP contribution in [0.25, 0.3) is 0 Å². The number of benzene rings is 1. The molecule has 1 aromatic carbocycles. The summed E-state index contributed by atoms with van der Waals surface area (Å²) in [7, 11) is 0. The van der Waals surface area contributed by atoms with Crippen LogP contribution < -0.4 is 5.32 Å². The van der Waals surface area contributed by atoms with E-state index >= 15 is 0 Å². The van der Waals surface area contributed by atoms with Crippen LogP contribution >= 0.6 is 15.9 Å². The van der Waals surface area contributed by atoms with Gasteiger partial charge in [-0.2, -0.15) is 18.4 Å². The van der Waals surface area contributed by atoms with Crippen molar-refractivity contribution in [3.63, 3.8) is 0 Å². The Morgan fingerprint density at radius 1 is 1.19 bits per heavy atom. The molecule has 2 rings (SSSR count). The Bertz CT molecular complexity index is 722. The molecule has 0 radical (unpaired) electrons. The first-order chi connectivity index (χ1) is 9.81. The molecule has 8 heteroatoms. The number of hydrogen-bond donors (Lipinski definition) is 1. The lowest BCUT2D eigenvalue weighted by Gasteiger charge is -2.11. The van der Waals surface area contributed by atoms with Gasteiger partial charge in [0, 0.05) is 5.69 Å². The van der Waals surface area contributed by atoms with Gasteiger partial charge in [0.15, 0.2) is 0 Å². The Balaban J connectivity index is 2.42. The minimum atomic E-state index is -4.63. The molecule has 0 aliphatic carbocycles. The van der Waals surface area contributed by atoms with E-state index in [1.54, 1.807) is 6.07 Å². The average Bonchev–Trinajstić information content (AvgIpc) is 2.42. The topological polar surface area (TPSA) is 48.7 Å². The van der Waals surface area contributed by atoms with Crippen molar-refractivity contribution in [1.82, 2.24) is 4.98 Å². The van der Waals surface area contributed by atoms with Gasteiger partial charge >= 0.3 is 6.18 Å². The highest BCUT2D eigenvalue weighted by atomic mass is 79.9. The fourth-order valence-electron chi connectivity index (χ4n) is 1.51. The Morgan fingerprint density at radius 3 is 2.48 bits per heavy atom. The maximum atomic E-state index is 13.4. The third-order valence-electron chi connectivity index (χ3n) is 2.49. The van der Waals surface area contributed by atoms with E-state index in [1.807, 2.05) is 0 Å². The number of halogens is 5. The fourth-order valence-corrected chi connectivity index (χ4v) is 1.76. The summed E-state index contributed by atoms with van der Waals surface area (Å²) >= 11 is 2.96. The molecule has 0 unspecified atom stereocenters. The molecule has 108 valence electrons. The number of rotatable bonds is 2. The van der Waals surface area contributed by atoms with Gasteiger partial charge in [0.05, 0.1) is 10.0 Å². The molecule has 0 amide bonds. The lowest BCUT2D eigenvalue weighted by molar-refractivity contribution is -0.141. The lowest BCUT2D eigenvalue weighted by atomic mass is 10.2. The molecule has 0 aliphatic rings. The van der Waals surface area contributed by atoms with Gasteiger partial charge < -0.3 is 5.32 Å². The van der Waals surface area contributed by atoms with Crippen molar-refractivity contribution >= 4 is 27.4 Å². The summed E-state index contributed by atoms with van der Waals surface area (Å²) in [4.78, 5) is 3.37. The number of nitriles is 1. The largest absolute Gasteiger partial charge is 0.433 e. The molecule has 0 saturated carbocycles. The molecule has 1 aromatic heterocycles. The average molecular weight is 360 g/mol. The molecule has 2 aromatic rings. The molecule has 1 N–H and O–H groups in total. The first-order valence-corrected chi connectivity index (χ1v) is 6.31. The van der Waals surface area contributed by atoms with E-state index in [1.165, 1.54) is 12.1 Å². The summed E-state index contributed by atoms with van der Waals surface area (Å²) in [5, 5.41) is 11.4. The highest BCUT2D eigenvalue weighted by molar-refractivity contribution is 9.10. The summed E-state index contributed by atoms with van der Waals surface area (Å²) in [6.45, 7) is 0. The van der Waals surface area contributed by atoms with Gasteiger partial charge in [-0.25, -0.2) is 9.37 Å². The number of anilines is 2. The summed E-state index contributed by atoms with van der Waals surface area (Å²) in [5.74, 6) is -0.875. The summed E-state index contributed by atoms with van der Waals surface area (Å²) in [6.07, 6.45) is -4.63. The minimum absolute atomic E-state index is 0.0775. The highest BCUT2D eigenvalue weighted by Gasteiger charge is 2.33. The van der Waals surface area contributed by atoms with E-state index in [2.05, 4.69) is 26.2 Å². The molecular weight excluding hydrogens is 354 g/mol. The summed E-state index contributed by atoms with van der Waals surface area (Å²) in [6, 6.07) is 7.35. The van der Waals surface area contributed by atoms with Gasteiger partial charge in [0.25, 0.3) is 0 Å². The van der Waals surface area contributed by atoms with Crippen LogP contribution in [-0.2, 0) is 6.18 Å². The monoisotopic (exact) mass is 359 g/mol. The van der Waals surface area contributed by atoms with Crippen LogP contribution in [0.2, 0.25) is 0 Å². The minimum Gasteiger partial charge on any atom is -0.339 e. The van der Waals surface area contributed by atoms with Crippen molar-refractivity contribution < 1.29 is 17.6 Å². The van der Waals surface area contributed by atoms with Crippen LogP contribution in [0.3, 0.4) is 0 Å². The maximum absolute atomic E-state index is 13.4. The predicted octanol–water partition coefficient (Wildman–Crippen LogP) is 4.62. The number of alkyl halides is 3. The fraction of sp³-hybridized carbons (Fsp3) is 0.0769. The predicted molar refractivity (Wildman–Crippen MR) is 71.3 cm³/mol. The molecule has 0 aliphatic heterocycles. The van der Waals surface area contributed by atoms with Gasteiger partial charge in [-0.3, -0.25) is 0 Å². The summed E-state index contributed by atoms with van der Waals surface area (Å²) < 4.78 is 51.5. The van der Waals surface area contributed by atoms with Gasteiger partial charge in [-0.1, -0.05) is 0 Å². The molecule has 0 atom stereocenters. The highest BCUT2D eigenvalue weighted by Crippen LogP contribution is 2.30. The Hall–Kier alpha value is -2.14. The van der Waals surface area contributed by atoms with Crippen molar-refractivity contribution in [2.75, 3.05) is 5.32 Å². The third kappa shape index (κ3) is 3.49. The quantitative estimate of drug-likeness (QED) is 0.796.